The standard InChI is InChI=1S/C14H28N4/c1-5-16-14(12-15)8-7-13(11-14)18(4)10-6-9-17(2)3/h13,16H,5-11H2,1-4H3. The summed E-state index contributed by atoms with van der Waals surface area (Å²) in [6, 6.07) is 3.05. The van der Waals surface area contributed by atoms with Gasteiger partial charge in [-0.15, -0.1) is 0 Å². The predicted molar refractivity (Wildman–Crippen MR) is 75.5 cm³/mol. The van der Waals surface area contributed by atoms with Crippen LogP contribution in [0.4, 0.5) is 0 Å². The van der Waals surface area contributed by atoms with E-state index in [0.717, 1.165) is 38.9 Å². The van der Waals surface area contributed by atoms with Crippen LogP contribution in [0.1, 0.15) is 32.6 Å². The van der Waals surface area contributed by atoms with E-state index < -0.39 is 0 Å². The molecule has 1 N–H and O–H groups in total. The zero-order chi connectivity index (χ0) is 13.6. The van der Waals surface area contributed by atoms with Crippen molar-refractivity contribution in [3.05, 3.63) is 0 Å². The van der Waals surface area contributed by atoms with Crippen molar-refractivity contribution in [3.8, 4) is 6.07 Å². The average molecular weight is 252 g/mol. The maximum atomic E-state index is 9.36. The molecular weight excluding hydrogens is 224 g/mol. The smallest absolute Gasteiger partial charge is 0.108 e. The molecule has 0 aromatic carbocycles. The highest BCUT2D eigenvalue weighted by atomic mass is 15.2. The molecule has 0 amide bonds. The average Bonchev–Trinajstić information content (AvgIpc) is 2.74. The van der Waals surface area contributed by atoms with Gasteiger partial charge in [-0.2, -0.15) is 5.26 Å². The van der Waals surface area contributed by atoms with E-state index in [1.54, 1.807) is 0 Å². The Morgan fingerprint density at radius 1 is 1.33 bits per heavy atom. The highest BCUT2D eigenvalue weighted by Crippen LogP contribution is 2.32. The molecule has 0 saturated heterocycles. The van der Waals surface area contributed by atoms with Crippen molar-refractivity contribution >= 4 is 0 Å². The van der Waals surface area contributed by atoms with Gasteiger partial charge in [0.15, 0.2) is 0 Å². The summed E-state index contributed by atoms with van der Waals surface area (Å²) >= 11 is 0. The van der Waals surface area contributed by atoms with E-state index in [-0.39, 0.29) is 5.54 Å². The highest BCUT2D eigenvalue weighted by molar-refractivity contribution is 5.13. The maximum Gasteiger partial charge on any atom is 0.108 e. The number of hydrogen-bond donors (Lipinski definition) is 1. The second-order valence-corrected chi connectivity index (χ2v) is 5.76. The lowest BCUT2D eigenvalue weighted by molar-refractivity contribution is 0.224. The number of hydrogen-bond acceptors (Lipinski definition) is 4. The molecule has 1 aliphatic carbocycles. The number of nitrogens with zero attached hydrogens (tertiary/aromatic N) is 3. The van der Waals surface area contributed by atoms with Gasteiger partial charge >= 0.3 is 0 Å². The first kappa shape index (κ1) is 15.4. The zero-order valence-electron chi connectivity index (χ0n) is 12.4. The van der Waals surface area contributed by atoms with Crippen LogP contribution in [-0.2, 0) is 0 Å². The summed E-state index contributed by atoms with van der Waals surface area (Å²) in [6.07, 6.45) is 4.29. The van der Waals surface area contributed by atoms with Crippen molar-refractivity contribution in [2.75, 3.05) is 40.8 Å². The molecule has 0 spiro atoms. The van der Waals surface area contributed by atoms with Gasteiger partial charge in [-0.05, 0) is 66.5 Å². The van der Waals surface area contributed by atoms with Crippen LogP contribution in [0.3, 0.4) is 0 Å². The molecule has 1 aliphatic rings. The van der Waals surface area contributed by atoms with Crippen LogP contribution in [0.2, 0.25) is 0 Å². The Balaban J connectivity index is 2.38. The Kier molecular flexibility index (Phi) is 6.07. The topological polar surface area (TPSA) is 42.3 Å². The van der Waals surface area contributed by atoms with Gasteiger partial charge in [0.2, 0.25) is 0 Å². The van der Waals surface area contributed by atoms with E-state index in [0.29, 0.717) is 6.04 Å². The summed E-state index contributed by atoms with van der Waals surface area (Å²) in [5.74, 6) is 0. The molecule has 18 heavy (non-hydrogen) atoms. The van der Waals surface area contributed by atoms with Crippen LogP contribution in [0.5, 0.6) is 0 Å². The molecule has 0 radical (unpaired) electrons. The first-order chi connectivity index (χ1) is 8.53. The molecule has 0 aromatic rings. The van der Waals surface area contributed by atoms with Crippen molar-refractivity contribution in [1.82, 2.24) is 15.1 Å². The van der Waals surface area contributed by atoms with Gasteiger partial charge in [0, 0.05) is 6.04 Å². The summed E-state index contributed by atoms with van der Waals surface area (Å²) in [5.41, 5.74) is -0.269. The van der Waals surface area contributed by atoms with Crippen LogP contribution < -0.4 is 5.32 Å². The van der Waals surface area contributed by atoms with E-state index in [1.165, 1.54) is 6.42 Å². The maximum absolute atomic E-state index is 9.36. The normalized spacial score (nSPS) is 27.9. The molecule has 2 unspecified atom stereocenters. The third kappa shape index (κ3) is 4.24. The zero-order valence-corrected chi connectivity index (χ0v) is 12.4. The van der Waals surface area contributed by atoms with Gasteiger partial charge in [-0.1, -0.05) is 6.92 Å². The Labute approximate surface area is 112 Å². The SMILES string of the molecule is CCNC1(C#N)CCC(N(C)CCCN(C)C)C1. The van der Waals surface area contributed by atoms with E-state index >= 15 is 0 Å². The minimum absolute atomic E-state index is 0.269. The fourth-order valence-corrected chi connectivity index (χ4v) is 2.85. The second kappa shape index (κ2) is 7.08. The molecule has 1 saturated carbocycles. The fourth-order valence-electron chi connectivity index (χ4n) is 2.85. The van der Waals surface area contributed by atoms with Crippen molar-refractivity contribution < 1.29 is 0 Å². The van der Waals surface area contributed by atoms with Crippen LogP contribution in [0.15, 0.2) is 0 Å². The molecule has 1 fully saturated rings. The van der Waals surface area contributed by atoms with Crippen molar-refractivity contribution in [1.29, 1.82) is 5.26 Å². The molecule has 0 bridgehead atoms. The predicted octanol–water partition coefficient (Wildman–Crippen LogP) is 1.29. The summed E-state index contributed by atoms with van der Waals surface area (Å²) < 4.78 is 0. The highest BCUT2D eigenvalue weighted by Gasteiger charge is 2.39. The van der Waals surface area contributed by atoms with Gasteiger partial charge in [0.05, 0.1) is 6.07 Å². The van der Waals surface area contributed by atoms with Gasteiger partial charge in [0.1, 0.15) is 5.54 Å². The molecule has 4 heteroatoms. The third-order valence-corrected chi connectivity index (χ3v) is 3.96. The van der Waals surface area contributed by atoms with Crippen LogP contribution in [0.25, 0.3) is 0 Å². The number of rotatable bonds is 7. The van der Waals surface area contributed by atoms with Crippen molar-refractivity contribution in [3.63, 3.8) is 0 Å². The van der Waals surface area contributed by atoms with Crippen LogP contribution >= 0.6 is 0 Å². The summed E-state index contributed by atoms with van der Waals surface area (Å²) in [4.78, 5) is 4.65. The van der Waals surface area contributed by atoms with Crippen LogP contribution in [-0.4, -0.2) is 62.2 Å². The van der Waals surface area contributed by atoms with E-state index in [1.807, 2.05) is 0 Å². The van der Waals surface area contributed by atoms with Gasteiger partial charge in [-0.3, -0.25) is 5.32 Å². The Morgan fingerprint density at radius 3 is 2.61 bits per heavy atom. The number of nitriles is 1. The molecule has 4 nitrogen and oxygen atoms in total. The Bertz CT molecular complexity index is 284. The van der Waals surface area contributed by atoms with Gasteiger partial charge in [0.25, 0.3) is 0 Å². The number of nitrogens with one attached hydrogen (secondary N) is 1. The summed E-state index contributed by atoms with van der Waals surface area (Å²) in [6.45, 7) is 5.21. The Morgan fingerprint density at radius 2 is 2.06 bits per heavy atom. The van der Waals surface area contributed by atoms with Crippen molar-refractivity contribution in [2.45, 2.75) is 44.2 Å². The Hall–Kier alpha value is -0.630. The third-order valence-electron chi connectivity index (χ3n) is 3.96. The van der Waals surface area contributed by atoms with Gasteiger partial charge in [-0.25, -0.2) is 0 Å². The second-order valence-electron chi connectivity index (χ2n) is 5.76. The lowest BCUT2D eigenvalue weighted by atomic mass is 9.99. The first-order valence-electron chi connectivity index (χ1n) is 7.04. The largest absolute Gasteiger partial charge is 0.309 e. The summed E-state index contributed by atoms with van der Waals surface area (Å²) in [7, 11) is 6.42. The molecule has 2 atom stereocenters. The molecule has 0 aliphatic heterocycles. The van der Waals surface area contributed by atoms with E-state index in [4.69, 9.17) is 0 Å². The lowest BCUT2D eigenvalue weighted by Crippen LogP contribution is -2.43. The molecule has 1 rings (SSSR count). The molecule has 0 heterocycles. The lowest BCUT2D eigenvalue weighted by Gasteiger charge is -2.27. The van der Waals surface area contributed by atoms with E-state index in [9.17, 15) is 5.26 Å². The monoisotopic (exact) mass is 252 g/mol. The fraction of sp³-hybridized carbons (Fsp3) is 0.929. The molecule has 104 valence electrons. The first-order valence-corrected chi connectivity index (χ1v) is 7.04. The minimum atomic E-state index is -0.269. The minimum Gasteiger partial charge on any atom is -0.309 e. The summed E-state index contributed by atoms with van der Waals surface area (Å²) in [5, 5.41) is 12.7. The quantitative estimate of drug-likeness (QED) is 0.741. The van der Waals surface area contributed by atoms with Crippen molar-refractivity contribution in [2.24, 2.45) is 0 Å². The molecule has 0 aromatic heterocycles. The van der Waals surface area contributed by atoms with Gasteiger partial charge < -0.3 is 9.80 Å². The van der Waals surface area contributed by atoms with Crippen LogP contribution in [0, 0.1) is 11.3 Å². The molecular formula is C14H28N4. The van der Waals surface area contributed by atoms with E-state index in [2.05, 4.69) is 49.3 Å².